The molecule has 0 N–H and O–H groups in total. The van der Waals surface area contributed by atoms with Crippen molar-refractivity contribution < 1.29 is 4.52 Å². The Morgan fingerprint density at radius 3 is 2.33 bits per heavy atom. The van der Waals surface area contributed by atoms with Crippen LogP contribution in [0.1, 0.15) is 5.56 Å². The summed E-state index contributed by atoms with van der Waals surface area (Å²) in [5, 5.41) is 0. The molecule has 0 saturated carbocycles. The Hall–Kier alpha value is -2.99. The molecule has 0 amide bonds. The van der Waals surface area contributed by atoms with Crippen LogP contribution in [0, 0.1) is 11.8 Å². The van der Waals surface area contributed by atoms with E-state index in [0.717, 1.165) is 11.1 Å². The summed E-state index contributed by atoms with van der Waals surface area (Å²) in [5.41, 5.74) is 1.61. The average molecular weight is 275 g/mol. The lowest BCUT2D eigenvalue weighted by Crippen LogP contribution is -2.12. The summed E-state index contributed by atoms with van der Waals surface area (Å²) in [6.07, 6.45) is 0. The van der Waals surface area contributed by atoms with Crippen molar-refractivity contribution in [3.63, 3.8) is 0 Å². The summed E-state index contributed by atoms with van der Waals surface area (Å²) in [5.74, 6) is 6.50. The quantitative estimate of drug-likeness (QED) is 0.673. The second-order valence-corrected chi connectivity index (χ2v) is 4.51. The van der Waals surface area contributed by atoms with Gasteiger partial charge in [-0.25, -0.2) is 0 Å². The number of hydrogen-bond donors (Lipinski definition) is 0. The normalized spacial score (nSPS) is 9.90. The van der Waals surface area contributed by atoms with E-state index in [0.29, 0.717) is 5.76 Å². The third kappa shape index (κ3) is 3.13. The molecule has 3 heteroatoms. The van der Waals surface area contributed by atoms with E-state index in [1.165, 1.54) is 10.8 Å². The van der Waals surface area contributed by atoms with Gasteiger partial charge in [0.15, 0.2) is 5.76 Å². The second-order valence-electron chi connectivity index (χ2n) is 4.51. The molecule has 21 heavy (non-hydrogen) atoms. The SMILES string of the molecule is O=c1cc(-c2ccccc2)on1CC#Cc1ccccc1. The van der Waals surface area contributed by atoms with Crippen LogP contribution in [-0.4, -0.2) is 4.74 Å². The maximum absolute atomic E-state index is 11.9. The molecule has 0 unspecified atom stereocenters. The number of nitrogens with zero attached hydrogens (tertiary/aromatic N) is 1. The van der Waals surface area contributed by atoms with Crippen LogP contribution in [0.4, 0.5) is 0 Å². The van der Waals surface area contributed by atoms with Gasteiger partial charge in [0.25, 0.3) is 5.56 Å². The van der Waals surface area contributed by atoms with Gasteiger partial charge in [0.2, 0.25) is 0 Å². The monoisotopic (exact) mass is 275 g/mol. The first-order valence-corrected chi connectivity index (χ1v) is 6.63. The van der Waals surface area contributed by atoms with E-state index in [1.807, 2.05) is 60.7 Å². The van der Waals surface area contributed by atoms with Crippen LogP contribution >= 0.6 is 0 Å². The Morgan fingerprint density at radius 2 is 1.62 bits per heavy atom. The topological polar surface area (TPSA) is 35.1 Å². The Labute approximate surface area is 122 Å². The van der Waals surface area contributed by atoms with Gasteiger partial charge >= 0.3 is 0 Å². The second kappa shape index (κ2) is 5.98. The lowest BCUT2D eigenvalue weighted by Gasteiger charge is -1.95. The van der Waals surface area contributed by atoms with Crippen molar-refractivity contribution in [1.82, 2.24) is 4.74 Å². The predicted octanol–water partition coefficient (Wildman–Crippen LogP) is 3.16. The summed E-state index contributed by atoms with van der Waals surface area (Å²) in [4.78, 5) is 11.9. The van der Waals surface area contributed by atoms with Crippen LogP contribution in [0.15, 0.2) is 76.0 Å². The van der Waals surface area contributed by atoms with Crippen LogP contribution in [-0.2, 0) is 6.54 Å². The first kappa shape index (κ1) is 13.0. The number of benzene rings is 2. The van der Waals surface area contributed by atoms with E-state index in [9.17, 15) is 4.79 Å². The molecule has 3 aromatic rings. The molecule has 0 saturated heterocycles. The molecule has 0 atom stereocenters. The minimum atomic E-state index is -0.184. The lowest BCUT2D eigenvalue weighted by molar-refractivity contribution is 0.292. The molecule has 2 aromatic carbocycles. The molecule has 3 rings (SSSR count). The fourth-order valence-corrected chi connectivity index (χ4v) is 1.96. The van der Waals surface area contributed by atoms with Gasteiger partial charge in [-0.15, -0.1) is 0 Å². The smallest absolute Gasteiger partial charge is 0.283 e. The largest absolute Gasteiger partial charge is 0.375 e. The molecular weight excluding hydrogens is 262 g/mol. The van der Waals surface area contributed by atoms with Gasteiger partial charge in [-0.3, -0.25) is 4.79 Å². The standard InChI is InChI=1S/C18H13NO2/c20-18-14-17(16-11-5-2-6-12-16)21-19(18)13-7-10-15-8-3-1-4-9-15/h1-6,8-9,11-12,14H,13H2. The maximum atomic E-state index is 11.9. The molecule has 0 aliphatic rings. The summed E-state index contributed by atoms with van der Waals surface area (Å²) < 4.78 is 6.80. The van der Waals surface area contributed by atoms with Crippen molar-refractivity contribution in [2.45, 2.75) is 6.54 Å². The molecule has 1 heterocycles. The fraction of sp³-hybridized carbons (Fsp3) is 0.0556. The van der Waals surface area contributed by atoms with E-state index in [4.69, 9.17) is 4.52 Å². The van der Waals surface area contributed by atoms with E-state index in [-0.39, 0.29) is 12.1 Å². The zero-order valence-electron chi connectivity index (χ0n) is 11.3. The van der Waals surface area contributed by atoms with Crippen LogP contribution < -0.4 is 5.56 Å². The summed E-state index contributed by atoms with van der Waals surface area (Å²) >= 11 is 0. The first-order valence-electron chi connectivity index (χ1n) is 6.63. The van der Waals surface area contributed by atoms with Crippen LogP contribution in [0.25, 0.3) is 11.3 Å². The van der Waals surface area contributed by atoms with Gasteiger partial charge < -0.3 is 4.52 Å². The first-order chi connectivity index (χ1) is 10.3. The van der Waals surface area contributed by atoms with Crippen LogP contribution in [0.5, 0.6) is 0 Å². The zero-order chi connectivity index (χ0) is 14.5. The number of rotatable bonds is 2. The van der Waals surface area contributed by atoms with Crippen molar-refractivity contribution in [2.75, 3.05) is 0 Å². The Balaban J connectivity index is 1.80. The van der Waals surface area contributed by atoms with Gasteiger partial charge in [0.1, 0.15) is 6.54 Å². The third-order valence-electron chi connectivity index (χ3n) is 3.00. The molecule has 3 nitrogen and oxygen atoms in total. The van der Waals surface area contributed by atoms with E-state index >= 15 is 0 Å². The van der Waals surface area contributed by atoms with Crippen molar-refractivity contribution >= 4 is 0 Å². The van der Waals surface area contributed by atoms with Gasteiger partial charge in [-0.2, -0.15) is 4.74 Å². The molecule has 1 aromatic heterocycles. The Bertz CT molecular complexity index is 833. The van der Waals surface area contributed by atoms with Crippen molar-refractivity contribution in [1.29, 1.82) is 0 Å². The molecule has 102 valence electrons. The zero-order valence-corrected chi connectivity index (χ0v) is 11.3. The highest BCUT2D eigenvalue weighted by Crippen LogP contribution is 2.16. The van der Waals surface area contributed by atoms with Gasteiger partial charge in [-0.05, 0) is 12.1 Å². The molecule has 0 fully saturated rings. The molecular formula is C18H13NO2. The molecule has 0 aliphatic carbocycles. The van der Waals surface area contributed by atoms with E-state index < -0.39 is 0 Å². The Morgan fingerprint density at radius 1 is 0.952 bits per heavy atom. The molecule has 0 spiro atoms. The highest BCUT2D eigenvalue weighted by Gasteiger charge is 2.06. The third-order valence-corrected chi connectivity index (χ3v) is 3.00. The highest BCUT2D eigenvalue weighted by atomic mass is 16.5. The minimum absolute atomic E-state index is 0.184. The summed E-state index contributed by atoms with van der Waals surface area (Å²) in [7, 11) is 0. The highest BCUT2D eigenvalue weighted by molar-refractivity contribution is 5.56. The Kier molecular flexibility index (Phi) is 3.70. The molecule has 0 bridgehead atoms. The average Bonchev–Trinajstić information content (AvgIpc) is 2.91. The van der Waals surface area contributed by atoms with Crippen LogP contribution in [0.2, 0.25) is 0 Å². The van der Waals surface area contributed by atoms with Gasteiger partial charge in [-0.1, -0.05) is 60.4 Å². The molecule has 0 radical (unpaired) electrons. The maximum Gasteiger partial charge on any atom is 0.283 e. The number of aromatic nitrogens is 1. The lowest BCUT2D eigenvalue weighted by atomic mass is 10.2. The van der Waals surface area contributed by atoms with Gasteiger partial charge in [0.05, 0.1) is 6.07 Å². The van der Waals surface area contributed by atoms with Gasteiger partial charge in [0, 0.05) is 11.1 Å². The summed E-state index contributed by atoms with van der Waals surface area (Å²) in [6, 6.07) is 20.7. The fourth-order valence-electron chi connectivity index (χ4n) is 1.96. The van der Waals surface area contributed by atoms with E-state index in [1.54, 1.807) is 0 Å². The van der Waals surface area contributed by atoms with E-state index in [2.05, 4.69) is 11.8 Å². The van der Waals surface area contributed by atoms with Crippen LogP contribution in [0.3, 0.4) is 0 Å². The van der Waals surface area contributed by atoms with Crippen molar-refractivity contribution in [3.05, 3.63) is 82.6 Å². The molecule has 0 aliphatic heterocycles. The number of hydrogen-bond acceptors (Lipinski definition) is 2. The summed E-state index contributed by atoms with van der Waals surface area (Å²) in [6.45, 7) is 0.237. The predicted molar refractivity (Wildman–Crippen MR) is 81.7 cm³/mol. The van der Waals surface area contributed by atoms with Crippen molar-refractivity contribution in [2.24, 2.45) is 0 Å². The minimum Gasteiger partial charge on any atom is -0.375 e. The van der Waals surface area contributed by atoms with Crippen molar-refractivity contribution in [3.8, 4) is 23.2 Å².